The summed E-state index contributed by atoms with van der Waals surface area (Å²) in [7, 11) is -1.31. The van der Waals surface area contributed by atoms with Crippen molar-refractivity contribution < 1.29 is 8.42 Å². The van der Waals surface area contributed by atoms with Gasteiger partial charge in [-0.1, -0.05) is 0 Å². The molecule has 6 nitrogen and oxygen atoms in total. The van der Waals surface area contributed by atoms with E-state index in [2.05, 4.69) is 15.3 Å². The van der Waals surface area contributed by atoms with Crippen LogP contribution < -0.4 is 5.32 Å². The summed E-state index contributed by atoms with van der Waals surface area (Å²) in [5.41, 5.74) is 1.03. The van der Waals surface area contributed by atoms with Crippen LogP contribution in [0.5, 0.6) is 0 Å². The molecule has 1 aromatic rings. The summed E-state index contributed by atoms with van der Waals surface area (Å²) >= 11 is 1.67. The molecular weight excluding hydrogens is 320 g/mol. The number of nitrogens with zero attached hydrogens (tertiary/aromatic N) is 3. The molecule has 124 valence electrons. The lowest BCUT2D eigenvalue weighted by Gasteiger charge is -2.39. The SMILES string of the molecule is CN=C(NCc1sc(C)nc1C)N1CCS(=O)(=O)C(C)(C)C1. The number of thiazole rings is 1. The third kappa shape index (κ3) is 3.43. The van der Waals surface area contributed by atoms with Gasteiger partial charge in [0.15, 0.2) is 15.8 Å². The lowest BCUT2D eigenvalue weighted by atomic mass is 10.2. The summed E-state index contributed by atoms with van der Waals surface area (Å²) in [4.78, 5) is 11.9. The summed E-state index contributed by atoms with van der Waals surface area (Å²) in [6.45, 7) is 9.14. The van der Waals surface area contributed by atoms with E-state index in [9.17, 15) is 8.42 Å². The van der Waals surface area contributed by atoms with Crippen LogP contribution in [0.15, 0.2) is 4.99 Å². The van der Waals surface area contributed by atoms with Gasteiger partial charge in [0.2, 0.25) is 0 Å². The number of aromatic nitrogens is 1. The van der Waals surface area contributed by atoms with Crippen LogP contribution in [0.25, 0.3) is 0 Å². The minimum Gasteiger partial charge on any atom is -0.351 e. The van der Waals surface area contributed by atoms with Crippen molar-refractivity contribution >= 4 is 27.1 Å². The second-order valence-corrected chi connectivity index (χ2v) is 10.2. The van der Waals surface area contributed by atoms with E-state index in [1.54, 1.807) is 32.2 Å². The van der Waals surface area contributed by atoms with Crippen LogP contribution in [0.2, 0.25) is 0 Å². The molecule has 1 N–H and O–H groups in total. The Morgan fingerprint density at radius 3 is 2.64 bits per heavy atom. The van der Waals surface area contributed by atoms with E-state index < -0.39 is 14.6 Å². The molecule has 0 unspecified atom stereocenters. The molecule has 1 aromatic heterocycles. The zero-order valence-corrected chi connectivity index (χ0v) is 15.4. The van der Waals surface area contributed by atoms with Crippen LogP contribution in [-0.4, -0.2) is 54.9 Å². The van der Waals surface area contributed by atoms with Gasteiger partial charge in [0.25, 0.3) is 0 Å². The minimum atomic E-state index is -3.04. The Bertz CT molecular complexity index is 677. The van der Waals surface area contributed by atoms with Crippen molar-refractivity contribution in [2.45, 2.75) is 39.0 Å². The van der Waals surface area contributed by atoms with Gasteiger partial charge in [0, 0.05) is 25.0 Å². The Hall–Kier alpha value is -1.15. The van der Waals surface area contributed by atoms with Crippen LogP contribution in [0.3, 0.4) is 0 Å². The van der Waals surface area contributed by atoms with Crippen molar-refractivity contribution in [2.75, 3.05) is 25.9 Å². The van der Waals surface area contributed by atoms with E-state index in [0.29, 0.717) is 19.6 Å². The van der Waals surface area contributed by atoms with Crippen molar-refractivity contribution in [3.05, 3.63) is 15.6 Å². The summed E-state index contributed by atoms with van der Waals surface area (Å²) in [5.74, 6) is 0.910. The maximum atomic E-state index is 12.1. The van der Waals surface area contributed by atoms with E-state index in [-0.39, 0.29) is 5.75 Å². The number of hydrogen-bond acceptors (Lipinski definition) is 5. The fourth-order valence-electron chi connectivity index (χ4n) is 2.55. The largest absolute Gasteiger partial charge is 0.351 e. The van der Waals surface area contributed by atoms with Crippen molar-refractivity contribution in [1.82, 2.24) is 15.2 Å². The normalized spacial score (nSPS) is 21.0. The predicted octanol–water partition coefficient (Wildman–Crippen LogP) is 1.34. The average Bonchev–Trinajstić information content (AvgIpc) is 2.73. The van der Waals surface area contributed by atoms with Gasteiger partial charge in [-0.2, -0.15) is 0 Å². The fourth-order valence-corrected chi connectivity index (χ4v) is 4.80. The quantitative estimate of drug-likeness (QED) is 0.647. The van der Waals surface area contributed by atoms with E-state index in [1.807, 2.05) is 18.7 Å². The van der Waals surface area contributed by atoms with Crippen molar-refractivity contribution in [1.29, 1.82) is 0 Å². The van der Waals surface area contributed by atoms with E-state index in [4.69, 9.17) is 0 Å². The number of hydrogen-bond donors (Lipinski definition) is 1. The monoisotopic (exact) mass is 344 g/mol. The molecule has 1 aliphatic rings. The molecule has 0 spiro atoms. The molecule has 2 heterocycles. The number of nitrogens with one attached hydrogen (secondary N) is 1. The van der Waals surface area contributed by atoms with Gasteiger partial charge >= 0.3 is 0 Å². The molecule has 22 heavy (non-hydrogen) atoms. The number of sulfone groups is 1. The third-order valence-electron chi connectivity index (χ3n) is 3.96. The molecule has 8 heteroatoms. The van der Waals surface area contributed by atoms with E-state index >= 15 is 0 Å². The zero-order valence-electron chi connectivity index (χ0n) is 13.8. The molecule has 0 saturated carbocycles. The predicted molar refractivity (Wildman–Crippen MR) is 91.2 cm³/mol. The van der Waals surface area contributed by atoms with Crippen LogP contribution in [-0.2, 0) is 16.4 Å². The highest BCUT2D eigenvalue weighted by Gasteiger charge is 2.40. The van der Waals surface area contributed by atoms with Crippen LogP contribution in [0.1, 0.15) is 29.4 Å². The highest BCUT2D eigenvalue weighted by Crippen LogP contribution is 2.24. The zero-order chi connectivity index (χ0) is 16.5. The topological polar surface area (TPSA) is 74.7 Å². The molecule has 1 saturated heterocycles. The fraction of sp³-hybridized carbons (Fsp3) is 0.714. The lowest BCUT2D eigenvalue weighted by molar-refractivity contribution is 0.353. The van der Waals surface area contributed by atoms with Gasteiger partial charge < -0.3 is 10.2 Å². The van der Waals surface area contributed by atoms with Gasteiger partial charge in [-0.05, 0) is 27.7 Å². The first kappa shape index (κ1) is 17.2. The minimum absolute atomic E-state index is 0.166. The molecule has 1 fully saturated rings. The lowest BCUT2D eigenvalue weighted by Crippen LogP contribution is -2.57. The first-order valence-electron chi connectivity index (χ1n) is 7.27. The van der Waals surface area contributed by atoms with Crippen LogP contribution in [0.4, 0.5) is 0 Å². The Kier molecular flexibility index (Phi) is 4.81. The van der Waals surface area contributed by atoms with Crippen LogP contribution >= 0.6 is 11.3 Å². The maximum Gasteiger partial charge on any atom is 0.194 e. The molecule has 2 rings (SSSR count). The summed E-state index contributed by atoms with van der Waals surface area (Å²) in [6.07, 6.45) is 0. The van der Waals surface area contributed by atoms with E-state index in [0.717, 1.165) is 16.7 Å². The van der Waals surface area contributed by atoms with Crippen molar-refractivity contribution in [3.8, 4) is 0 Å². The summed E-state index contributed by atoms with van der Waals surface area (Å²) < 4.78 is 23.4. The first-order chi connectivity index (χ1) is 10.2. The second kappa shape index (κ2) is 6.16. The van der Waals surface area contributed by atoms with Gasteiger partial charge in [-0.3, -0.25) is 4.99 Å². The second-order valence-electron chi connectivity index (χ2n) is 6.14. The molecule has 0 radical (unpaired) electrons. The maximum absolute atomic E-state index is 12.1. The number of aryl methyl sites for hydroxylation is 2. The highest BCUT2D eigenvalue weighted by atomic mass is 32.2. The third-order valence-corrected chi connectivity index (χ3v) is 7.57. The molecule has 0 atom stereocenters. The highest BCUT2D eigenvalue weighted by molar-refractivity contribution is 7.92. The van der Waals surface area contributed by atoms with Crippen molar-refractivity contribution in [3.63, 3.8) is 0 Å². The Labute approximate surface area is 136 Å². The Morgan fingerprint density at radius 2 is 2.14 bits per heavy atom. The van der Waals surface area contributed by atoms with Crippen molar-refractivity contribution in [2.24, 2.45) is 4.99 Å². The standard InChI is InChI=1S/C14H24N4O2S2/c1-10-12(21-11(2)17-10)8-16-13(15-5)18-6-7-22(19,20)14(3,4)9-18/h6-9H2,1-5H3,(H,15,16). The molecule has 0 bridgehead atoms. The van der Waals surface area contributed by atoms with E-state index in [1.165, 1.54) is 4.88 Å². The molecule has 1 aliphatic heterocycles. The Morgan fingerprint density at radius 1 is 1.45 bits per heavy atom. The number of aliphatic imine (C=N–C) groups is 1. The van der Waals surface area contributed by atoms with Gasteiger partial charge in [0.1, 0.15) is 0 Å². The van der Waals surface area contributed by atoms with Gasteiger partial charge in [0.05, 0.1) is 27.7 Å². The number of guanidine groups is 1. The smallest absolute Gasteiger partial charge is 0.194 e. The molecular formula is C14H24N4O2S2. The molecule has 0 amide bonds. The first-order valence-corrected chi connectivity index (χ1v) is 9.74. The summed E-state index contributed by atoms with van der Waals surface area (Å²) in [6, 6.07) is 0. The van der Waals surface area contributed by atoms with Gasteiger partial charge in [-0.25, -0.2) is 13.4 Å². The van der Waals surface area contributed by atoms with Gasteiger partial charge in [-0.15, -0.1) is 11.3 Å². The number of rotatable bonds is 2. The molecule has 0 aliphatic carbocycles. The molecule has 0 aromatic carbocycles. The Balaban J connectivity index is 2.06. The summed E-state index contributed by atoms with van der Waals surface area (Å²) in [5, 5.41) is 4.38. The van der Waals surface area contributed by atoms with Crippen LogP contribution in [0, 0.1) is 13.8 Å². The average molecular weight is 345 g/mol.